The number of hydrogen-bond donors (Lipinski definition) is 1. The molecule has 1 unspecified atom stereocenters. The van der Waals surface area contributed by atoms with E-state index in [4.69, 9.17) is 4.98 Å². The summed E-state index contributed by atoms with van der Waals surface area (Å²) < 4.78 is 0. The van der Waals surface area contributed by atoms with Gasteiger partial charge in [-0.3, -0.25) is 4.98 Å². The van der Waals surface area contributed by atoms with Crippen LogP contribution in [0.2, 0.25) is 0 Å². The Morgan fingerprint density at radius 2 is 1.88 bits per heavy atom. The molecule has 138 valence electrons. The first-order chi connectivity index (χ1) is 12.7. The number of nitrogens with zero attached hydrogens (tertiary/aromatic N) is 4. The molecule has 2 aliphatic heterocycles. The normalized spacial score (nSPS) is 21.3. The Hall–Kier alpha value is -1.66. The van der Waals surface area contributed by atoms with E-state index < -0.39 is 0 Å². The highest BCUT2D eigenvalue weighted by atomic mass is 32.2. The predicted molar refractivity (Wildman–Crippen MR) is 109 cm³/mol. The predicted octanol–water partition coefficient (Wildman–Crippen LogP) is 3.22. The molecule has 0 aliphatic carbocycles. The third-order valence-corrected chi connectivity index (χ3v) is 6.49. The molecule has 2 saturated heterocycles. The molecule has 0 amide bonds. The Balaban J connectivity index is 1.42. The number of hydrogen-bond acceptors (Lipinski definition) is 6. The Kier molecular flexibility index (Phi) is 5.41. The number of aryl methyl sites for hydroxylation is 2. The molecule has 1 atom stereocenters. The lowest BCUT2D eigenvalue weighted by atomic mass is 10.0. The minimum absolute atomic E-state index is 0.640. The van der Waals surface area contributed by atoms with Gasteiger partial charge in [-0.15, -0.1) is 0 Å². The monoisotopic (exact) mass is 369 g/mol. The Labute approximate surface area is 160 Å². The topological polar surface area (TPSA) is 53.9 Å². The largest absolute Gasteiger partial charge is 0.341 e. The standard InChI is InChI=1S/C20H27N5S/c1-14-3-4-18(15(2)22-14)19-5-9-21-20(24-19)25-10-6-16(7-11-25)23-17-8-12-26-13-17/h3-5,9,16-17,23H,6-8,10-13H2,1-2H3. The van der Waals surface area contributed by atoms with Crippen molar-refractivity contribution in [3.05, 3.63) is 35.8 Å². The quantitative estimate of drug-likeness (QED) is 0.893. The van der Waals surface area contributed by atoms with Crippen LogP contribution in [0.5, 0.6) is 0 Å². The molecule has 0 saturated carbocycles. The molecule has 0 spiro atoms. The molecular formula is C20H27N5S. The maximum absolute atomic E-state index is 4.84. The molecule has 26 heavy (non-hydrogen) atoms. The van der Waals surface area contributed by atoms with Crippen LogP contribution >= 0.6 is 11.8 Å². The molecule has 2 fully saturated rings. The summed E-state index contributed by atoms with van der Waals surface area (Å²) in [7, 11) is 0. The smallest absolute Gasteiger partial charge is 0.225 e. The summed E-state index contributed by atoms with van der Waals surface area (Å²) in [5.74, 6) is 3.43. The summed E-state index contributed by atoms with van der Waals surface area (Å²) in [6, 6.07) is 7.49. The minimum Gasteiger partial charge on any atom is -0.341 e. The van der Waals surface area contributed by atoms with Gasteiger partial charge in [0.1, 0.15) is 0 Å². The van der Waals surface area contributed by atoms with Gasteiger partial charge in [0.15, 0.2) is 0 Å². The average Bonchev–Trinajstić information content (AvgIpc) is 3.15. The number of thioether (sulfide) groups is 1. The first-order valence-corrected chi connectivity index (χ1v) is 10.7. The molecule has 0 radical (unpaired) electrons. The molecule has 4 heterocycles. The van der Waals surface area contributed by atoms with Gasteiger partial charge in [0.25, 0.3) is 0 Å². The van der Waals surface area contributed by atoms with Crippen molar-refractivity contribution in [2.24, 2.45) is 0 Å². The molecule has 1 N–H and O–H groups in total. The van der Waals surface area contributed by atoms with E-state index in [1.54, 1.807) is 0 Å². The van der Waals surface area contributed by atoms with Crippen LogP contribution in [0.3, 0.4) is 0 Å². The van der Waals surface area contributed by atoms with Crippen molar-refractivity contribution in [3.8, 4) is 11.3 Å². The summed E-state index contributed by atoms with van der Waals surface area (Å²) in [5.41, 5.74) is 4.11. The Morgan fingerprint density at radius 1 is 1.04 bits per heavy atom. The fraction of sp³-hybridized carbons (Fsp3) is 0.550. The van der Waals surface area contributed by atoms with Crippen molar-refractivity contribution in [2.75, 3.05) is 29.5 Å². The van der Waals surface area contributed by atoms with E-state index in [0.717, 1.165) is 41.7 Å². The molecule has 5 nitrogen and oxygen atoms in total. The second-order valence-electron chi connectivity index (χ2n) is 7.32. The van der Waals surface area contributed by atoms with Crippen LogP contribution in [-0.4, -0.2) is 51.6 Å². The van der Waals surface area contributed by atoms with Crippen molar-refractivity contribution in [1.82, 2.24) is 20.3 Å². The summed E-state index contributed by atoms with van der Waals surface area (Å²) in [5, 5.41) is 3.84. The zero-order valence-corrected chi connectivity index (χ0v) is 16.4. The van der Waals surface area contributed by atoms with Crippen molar-refractivity contribution in [3.63, 3.8) is 0 Å². The molecule has 2 aromatic heterocycles. The number of nitrogens with one attached hydrogen (secondary N) is 1. The van der Waals surface area contributed by atoms with Crippen LogP contribution in [0.15, 0.2) is 24.4 Å². The zero-order chi connectivity index (χ0) is 17.9. The highest BCUT2D eigenvalue weighted by Crippen LogP contribution is 2.24. The summed E-state index contributed by atoms with van der Waals surface area (Å²) in [4.78, 5) is 16.3. The maximum Gasteiger partial charge on any atom is 0.225 e. The fourth-order valence-corrected chi connectivity index (χ4v) is 5.02. The van der Waals surface area contributed by atoms with Gasteiger partial charge in [-0.2, -0.15) is 11.8 Å². The molecule has 4 rings (SSSR count). The van der Waals surface area contributed by atoms with Gasteiger partial charge >= 0.3 is 0 Å². The lowest BCUT2D eigenvalue weighted by Crippen LogP contribution is -2.46. The van der Waals surface area contributed by atoms with E-state index in [1.165, 1.54) is 30.8 Å². The Morgan fingerprint density at radius 3 is 2.62 bits per heavy atom. The van der Waals surface area contributed by atoms with E-state index in [-0.39, 0.29) is 0 Å². The molecular weight excluding hydrogens is 342 g/mol. The number of anilines is 1. The summed E-state index contributed by atoms with van der Waals surface area (Å²) in [6.07, 6.45) is 5.52. The van der Waals surface area contributed by atoms with Crippen molar-refractivity contribution >= 4 is 17.7 Å². The number of pyridine rings is 1. The van der Waals surface area contributed by atoms with E-state index in [2.05, 4.69) is 38.0 Å². The van der Waals surface area contributed by atoms with Gasteiger partial charge in [0.05, 0.1) is 5.69 Å². The molecule has 0 bridgehead atoms. The minimum atomic E-state index is 0.640. The first kappa shape index (κ1) is 17.7. The van der Waals surface area contributed by atoms with Gasteiger partial charge in [-0.25, -0.2) is 9.97 Å². The second-order valence-corrected chi connectivity index (χ2v) is 8.47. The van der Waals surface area contributed by atoms with E-state index in [0.29, 0.717) is 12.1 Å². The second kappa shape index (κ2) is 7.92. The van der Waals surface area contributed by atoms with E-state index in [1.807, 2.05) is 32.2 Å². The van der Waals surface area contributed by atoms with Gasteiger partial charge in [-0.05, 0) is 57.1 Å². The van der Waals surface area contributed by atoms with Crippen molar-refractivity contribution in [1.29, 1.82) is 0 Å². The molecule has 2 aromatic rings. The zero-order valence-electron chi connectivity index (χ0n) is 15.6. The average molecular weight is 370 g/mol. The van der Waals surface area contributed by atoms with Crippen LogP contribution < -0.4 is 10.2 Å². The first-order valence-electron chi connectivity index (χ1n) is 9.55. The molecule has 6 heteroatoms. The highest BCUT2D eigenvalue weighted by Gasteiger charge is 2.24. The third kappa shape index (κ3) is 4.01. The van der Waals surface area contributed by atoms with Crippen LogP contribution in [0.1, 0.15) is 30.7 Å². The Bertz CT molecular complexity index is 752. The van der Waals surface area contributed by atoms with Gasteiger partial charge < -0.3 is 10.2 Å². The molecule has 2 aliphatic rings. The van der Waals surface area contributed by atoms with Gasteiger partial charge in [0.2, 0.25) is 5.95 Å². The summed E-state index contributed by atoms with van der Waals surface area (Å²) in [6.45, 7) is 6.10. The van der Waals surface area contributed by atoms with Crippen LogP contribution in [0.25, 0.3) is 11.3 Å². The van der Waals surface area contributed by atoms with Gasteiger partial charge in [0, 0.05) is 54.1 Å². The van der Waals surface area contributed by atoms with Crippen molar-refractivity contribution in [2.45, 2.75) is 45.2 Å². The van der Waals surface area contributed by atoms with Crippen molar-refractivity contribution < 1.29 is 0 Å². The summed E-state index contributed by atoms with van der Waals surface area (Å²) >= 11 is 2.07. The lowest BCUT2D eigenvalue weighted by Gasteiger charge is -2.34. The van der Waals surface area contributed by atoms with E-state index >= 15 is 0 Å². The van der Waals surface area contributed by atoms with Crippen LogP contribution in [0.4, 0.5) is 5.95 Å². The number of aromatic nitrogens is 3. The van der Waals surface area contributed by atoms with Gasteiger partial charge in [-0.1, -0.05) is 0 Å². The lowest BCUT2D eigenvalue weighted by molar-refractivity contribution is 0.377. The van der Waals surface area contributed by atoms with Crippen LogP contribution in [-0.2, 0) is 0 Å². The SMILES string of the molecule is Cc1ccc(-c2ccnc(N3CCC(NC4CCSC4)CC3)n2)c(C)n1. The highest BCUT2D eigenvalue weighted by molar-refractivity contribution is 7.99. The fourth-order valence-electron chi connectivity index (χ4n) is 3.85. The number of rotatable bonds is 4. The van der Waals surface area contributed by atoms with E-state index in [9.17, 15) is 0 Å². The molecule has 0 aromatic carbocycles. The van der Waals surface area contributed by atoms with Crippen LogP contribution in [0, 0.1) is 13.8 Å². The third-order valence-electron chi connectivity index (χ3n) is 5.32. The maximum atomic E-state index is 4.84. The number of piperidine rings is 1.